The first-order valence-corrected chi connectivity index (χ1v) is 4.91. The highest BCUT2D eigenvalue weighted by Crippen LogP contribution is 2.18. The number of nitrogens with zero attached hydrogens (tertiary/aromatic N) is 2. The van der Waals surface area contributed by atoms with Gasteiger partial charge in [-0.3, -0.25) is 0 Å². The summed E-state index contributed by atoms with van der Waals surface area (Å²) in [6.45, 7) is 2.23. The fourth-order valence-electron chi connectivity index (χ4n) is 1.81. The average Bonchev–Trinajstić information content (AvgIpc) is 2.56. The normalized spacial score (nSPS) is 22.5. The Bertz CT molecular complexity index is 313. The van der Waals surface area contributed by atoms with Crippen LogP contribution < -0.4 is 11.1 Å². The second-order valence-corrected chi connectivity index (χ2v) is 3.83. The monoisotopic (exact) mass is 192 g/mol. The van der Waals surface area contributed by atoms with Crippen molar-refractivity contribution in [3.8, 4) is 0 Å². The van der Waals surface area contributed by atoms with Gasteiger partial charge in [-0.05, 0) is 32.1 Å². The van der Waals surface area contributed by atoms with E-state index in [0.717, 1.165) is 18.8 Å². The smallest absolute Gasteiger partial charge is 0.146 e. The Morgan fingerprint density at radius 1 is 1.64 bits per heavy atom. The lowest BCUT2D eigenvalue weighted by Crippen LogP contribution is -2.24. The minimum Gasteiger partial charge on any atom is -0.382 e. The number of aromatic nitrogens is 1. The summed E-state index contributed by atoms with van der Waals surface area (Å²) < 4.78 is 0. The van der Waals surface area contributed by atoms with Crippen LogP contribution in [0.5, 0.6) is 0 Å². The summed E-state index contributed by atoms with van der Waals surface area (Å²) in [6, 6.07) is 4.38. The standard InChI is InChI=1S/C10H16N4/c1-14-6-4-8(7-14)13-9-3-2-5-12-10(9)11/h2-3,5,8,13H,4,6-7H2,1H3,(H2,11,12). The molecule has 0 spiro atoms. The highest BCUT2D eigenvalue weighted by atomic mass is 15.2. The number of likely N-dealkylation sites (tertiary alicyclic amines) is 1. The molecule has 0 aliphatic carbocycles. The van der Waals surface area contributed by atoms with Gasteiger partial charge < -0.3 is 16.0 Å². The molecule has 4 nitrogen and oxygen atoms in total. The minimum absolute atomic E-state index is 0.506. The number of nitrogens with one attached hydrogen (secondary N) is 1. The molecule has 0 amide bonds. The van der Waals surface area contributed by atoms with Crippen molar-refractivity contribution in [1.29, 1.82) is 0 Å². The molecular formula is C10H16N4. The number of likely N-dealkylation sites (N-methyl/N-ethyl adjacent to an activating group) is 1. The van der Waals surface area contributed by atoms with Crippen LogP contribution in [-0.4, -0.2) is 36.1 Å². The Kier molecular flexibility index (Phi) is 2.54. The first-order chi connectivity index (χ1) is 6.75. The van der Waals surface area contributed by atoms with Crippen molar-refractivity contribution in [3.05, 3.63) is 18.3 Å². The van der Waals surface area contributed by atoms with Crippen LogP contribution in [0.4, 0.5) is 11.5 Å². The zero-order valence-corrected chi connectivity index (χ0v) is 8.40. The molecule has 3 N–H and O–H groups in total. The molecule has 2 rings (SSSR count). The van der Waals surface area contributed by atoms with Crippen molar-refractivity contribution < 1.29 is 0 Å². The summed E-state index contributed by atoms with van der Waals surface area (Å²) in [5.41, 5.74) is 6.70. The van der Waals surface area contributed by atoms with Crippen LogP contribution in [0.15, 0.2) is 18.3 Å². The Labute approximate surface area is 84.1 Å². The summed E-state index contributed by atoms with van der Waals surface area (Å²) >= 11 is 0. The molecule has 2 heterocycles. The van der Waals surface area contributed by atoms with E-state index in [1.807, 2.05) is 12.1 Å². The Balaban J connectivity index is 2.01. The maximum absolute atomic E-state index is 5.75. The molecule has 1 aromatic rings. The first-order valence-electron chi connectivity index (χ1n) is 4.91. The zero-order valence-electron chi connectivity index (χ0n) is 8.40. The predicted octanol–water partition coefficient (Wildman–Crippen LogP) is 0.780. The molecule has 0 aromatic carbocycles. The summed E-state index contributed by atoms with van der Waals surface area (Å²) in [6.07, 6.45) is 2.88. The summed E-state index contributed by atoms with van der Waals surface area (Å²) in [7, 11) is 2.13. The van der Waals surface area contributed by atoms with Crippen molar-refractivity contribution in [3.63, 3.8) is 0 Å². The van der Waals surface area contributed by atoms with E-state index in [9.17, 15) is 0 Å². The molecule has 14 heavy (non-hydrogen) atoms. The molecule has 1 fully saturated rings. The van der Waals surface area contributed by atoms with E-state index in [1.54, 1.807) is 6.20 Å². The lowest BCUT2D eigenvalue weighted by molar-refractivity contribution is 0.414. The van der Waals surface area contributed by atoms with E-state index in [0.29, 0.717) is 11.9 Å². The average molecular weight is 192 g/mol. The topological polar surface area (TPSA) is 54.2 Å². The van der Waals surface area contributed by atoms with Crippen molar-refractivity contribution in [1.82, 2.24) is 9.88 Å². The zero-order chi connectivity index (χ0) is 9.97. The van der Waals surface area contributed by atoms with Crippen molar-refractivity contribution in [2.24, 2.45) is 0 Å². The first kappa shape index (κ1) is 9.27. The van der Waals surface area contributed by atoms with Gasteiger partial charge in [0.05, 0.1) is 5.69 Å². The minimum atomic E-state index is 0.506. The number of nitrogen functional groups attached to an aromatic ring is 1. The maximum atomic E-state index is 5.75. The van der Waals surface area contributed by atoms with Gasteiger partial charge in [0.25, 0.3) is 0 Å². The molecule has 1 aliphatic rings. The van der Waals surface area contributed by atoms with E-state index in [2.05, 4.69) is 22.2 Å². The summed E-state index contributed by atoms with van der Waals surface area (Å²) in [5, 5.41) is 3.41. The SMILES string of the molecule is CN1CCC(Nc2cccnc2N)C1. The molecule has 0 bridgehead atoms. The number of rotatable bonds is 2. The summed E-state index contributed by atoms with van der Waals surface area (Å²) in [4.78, 5) is 6.35. The van der Waals surface area contributed by atoms with Gasteiger partial charge in [0.1, 0.15) is 5.82 Å². The third-order valence-corrected chi connectivity index (χ3v) is 2.59. The maximum Gasteiger partial charge on any atom is 0.146 e. The molecule has 1 unspecified atom stereocenters. The lowest BCUT2D eigenvalue weighted by atomic mass is 10.2. The van der Waals surface area contributed by atoms with Crippen LogP contribution in [0, 0.1) is 0 Å². The number of pyridine rings is 1. The highest BCUT2D eigenvalue weighted by Gasteiger charge is 2.19. The van der Waals surface area contributed by atoms with Crippen LogP contribution in [0.1, 0.15) is 6.42 Å². The Hall–Kier alpha value is -1.29. The van der Waals surface area contributed by atoms with Gasteiger partial charge >= 0.3 is 0 Å². The quantitative estimate of drug-likeness (QED) is 0.727. The molecule has 76 valence electrons. The van der Waals surface area contributed by atoms with Crippen LogP contribution in [0.3, 0.4) is 0 Å². The van der Waals surface area contributed by atoms with Gasteiger partial charge in [-0.1, -0.05) is 0 Å². The van der Waals surface area contributed by atoms with E-state index in [1.165, 1.54) is 6.42 Å². The van der Waals surface area contributed by atoms with E-state index < -0.39 is 0 Å². The van der Waals surface area contributed by atoms with Crippen molar-refractivity contribution in [2.75, 3.05) is 31.2 Å². The third kappa shape index (κ3) is 1.96. The second-order valence-electron chi connectivity index (χ2n) is 3.83. The Morgan fingerprint density at radius 3 is 3.14 bits per heavy atom. The number of nitrogens with two attached hydrogens (primary N) is 1. The van der Waals surface area contributed by atoms with Gasteiger partial charge in [0.15, 0.2) is 0 Å². The van der Waals surface area contributed by atoms with Crippen LogP contribution in [-0.2, 0) is 0 Å². The van der Waals surface area contributed by atoms with Crippen LogP contribution in [0.2, 0.25) is 0 Å². The van der Waals surface area contributed by atoms with Gasteiger partial charge in [0.2, 0.25) is 0 Å². The molecule has 4 heteroatoms. The van der Waals surface area contributed by atoms with E-state index in [-0.39, 0.29) is 0 Å². The fourth-order valence-corrected chi connectivity index (χ4v) is 1.81. The highest BCUT2D eigenvalue weighted by molar-refractivity contribution is 5.61. The van der Waals surface area contributed by atoms with Crippen LogP contribution in [0.25, 0.3) is 0 Å². The van der Waals surface area contributed by atoms with E-state index >= 15 is 0 Å². The lowest BCUT2D eigenvalue weighted by Gasteiger charge is -2.14. The van der Waals surface area contributed by atoms with Gasteiger partial charge in [-0.15, -0.1) is 0 Å². The van der Waals surface area contributed by atoms with Gasteiger partial charge in [-0.2, -0.15) is 0 Å². The largest absolute Gasteiger partial charge is 0.382 e. The van der Waals surface area contributed by atoms with Crippen molar-refractivity contribution >= 4 is 11.5 Å². The van der Waals surface area contributed by atoms with Gasteiger partial charge in [0, 0.05) is 18.8 Å². The number of hydrogen-bond acceptors (Lipinski definition) is 4. The molecule has 1 saturated heterocycles. The summed E-state index contributed by atoms with van der Waals surface area (Å²) in [5.74, 6) is 0.585. The molecule has 0 radical (unpaired) electrons. The third-order valence-electron chi connectivity index (χ3n) is 2.59. The fraction of sp³-hybridized carbons (Fsp3) is 0.500. The number of hydrogen-bond donors (Lipinski definition) is 2. The molecule has 1 aromatic heterocycles. The molecule has 1 atom stereocenters. The van der Waals surface area contributed by atoms with E-state index in [4.69, 9.17) is 5.73 Å². The van der Waals surface area contributed by atoms with Gasteiger partial charge in [-0.25, -0.2) is 4.98 Å². The predicted molar refractivity (Wildman–Crippen MR) is 58.2 cm³/mol. The second kappa shape index (κ2) is 3.84. The Morgan fingerprint density at radius 2 is 2.50 bits per heavy atom. The van der Waals surface area contributed by atoms with Crippen molar-refractivity contribution in [2.45, 2.75) is 12.5 Å². The number of anilines is 2. The molecule has 0 saturated carbocycles. The molecule has 1 aliphatic heterocycles. The van der Waals surface area contributed by atoms with Crippen LogP contribution >= 0.6 is 0 Å². The molecular weight excluding hydrogens is 176 g/mol.